The van der Waals surface area contributed by atoms with E-state index in [1.807, 2.05) is 73.9 Å². The lowest BCUT2D eigenvalue weighted by molar-refractivity contribution is -0.479. The summed E-state index contributed by atoms with van der Waals surface area (Å²) in [6.45, 7) is 10.4. The number of aryl methyl sites for hydroxylation is 4. The van der Waals surface area contributed by atoms with E-state index >= 15 is 0 Å². The summed E-state index contributed by atoms with van der Waals surface area (Å²) in [5.74, 6) is 1.78. The molecule has 4 rings (SSSR count). The zero-order valence-electron chi connectivity index (χ0n) is 22.6. The molecule has 3 aromatic carbocycles. The third kappa shape index (κ3) is 6.99. The highest BCUT2D eigenvalue weighted by molar-refractivity contribution is 9.10. The normalized spacial score (nSPS) is 11.8. The van der Waals surface area contributed by atoms with Crippen molar-refractivity contribution in [2.24, 2.45) is 0 Å². The molecule has 4 aromatic rings. The molecule has 1 heterocycles. The number of aromatic nitrogens is 3. The van der Waals surface area contributed by atoms with Crippen LogP contribution in [0.3, 0.4) is 0 Å². The molecule has 1 aromatic heterocycles. The second kappa shape index (κ2) is 12.7. The second-order valence-corrected chi connectivity index (χ2v) is 11.3. The van der Waals surface area contributed by atoms with E-state index in [1.54, 1.807) is 0 Å². The number of rotatable bonds is 11. The number of benzene rings is 3. The molecule has 0 saturated heterocycles. The van der Waals surface area contributed by atoms with Crippen LogP contribution >= 0.6 is 27.7 Å². The van der Waals surface area contributed by atoms with Crippen LogP contribution in [-0.2, 0) is 6.61 Å². The predicted molar refractivity (Wildman–Crippen MR) is 157 cm³/mol. The number of thioether (sulfide) groups is 1. The Morgan fingerprint density at radius 3 is 2.41 bits per heavy atom. The minimum absolute atomic E-state index is 0.301. The molecule has 0 amide bonds. The summed E-state index contributed by atoms with van der Waals surface area (Å²) < 4.78 is 14.7. The van der Waals surface area contributed by atoms with Gasteiger partial charge in [-0.1, -0.05) is 47.7 Å². The molecule has 0 aliphatic rings. The van der Waals surface area contributed by atoms with Crippen molar-refractivity contribution >= 4 is 27.7 Å². The molecule has 0 radical (unpaired) electrons. The maximum Gasteiger partial charge on any atom is 0.220 e. The average molecular weight is 612 g/mol. The second-order valence-electron chi connectivity index (χ2n) is 9.29. The largest absolute Gasteiger partial charge is 0.490 e. The minimum atomic E-state index is -0.546. The van der Waals surface area contributed by atoms with Gasteiger partial charge >= 0.3 is 0 Å². The Kier molecular flexibility index (Phi) is 9.29. The van der Waals surface area contributed by atoms with E-state index in [1.165, 1.54) is 22.9 Å². The minimum Gasteiger partial charge on any atom is -0.490 e. The Morgan fingerprint density at radius 1 is 1.00 bits per heavy atom. The maximum absolute atomic E-state index is 11.7. The first kappa shape index (κ1) is 28.6. The molecule has 8 nitrogen and oxygen atoms in total. The Morgan fingerprint density at radius 2 is 1.74 bits per heavy atom. The van der Waals surface area contributed by atoms with Crippen molar-refractivity contribution in [3.63, 3.8) is 0 Å². The van der Waals surface area contributed by atoms with E-state index in [0.29, 0.717) is 40.2 Å². The summed E-state index contributed by atoms with van der Waals surface area (Å²) in [4.78, 5) is 11.4. The standard InChI is InChI=1S/C29H31BrN4O4S/c1-6-37-26-15-23(14-25(30)28(26)38-17-22-10-7-18(2)8-11-22)27(16-33(35)36)39-29-32-31-21(5)34(29)24-12-9-19(3)20(4)13-24/h7-15,27H,6,16-17H2,1-5H3/t27-/m0/s1. The van der Waals surface area contributed by atoms with Crippen molar-refractivity contribution in [3.8, 4) is 17.2 Å². The molecule has 0 aliphatic carbocycles. The molecule has 1 atom stereocenters. The molecular formula is C29H31BrN4O4S. The van der Waals surface area contributed by atoms with Gasteiger partial charge in [-0.25, -0.2) is 0 Å². The summed E-state index contributed by atoms with van der Waals surface area (Å²) in [5, 5.41) is 20.4. The highest BCUT2D eigenvalue weighted by Crippen LogP contribution is 2.43. The molecular weight excluding hydrogens is 580 g/mol. The summed E-state index contributed by atoms with van der Waals surface area (Å²) in [6, 6.07) is 17.9. The van der Waals surface area contributed by atoms with Gasteiger partial charge in [-0.3, -0.25) is 14.7 Å². The monoisotopic (exact) mass is 610 g/mol. The zero-order chi connectivity index (χ0) is 28.1. The van der Waals surface area contributed by atoms with Crippen molar-refractivity contribution in [1.82, 2.24) is 14.8 Å². The summed E-state index contributed by atoms with van der Waals surface area (Å²) in [7, 11) is 0. The topological polar surface area (TPSA) is 92.3 Å². The van der Waals surface area contributed by atoms with Crippen LogP contribution in [0, 0.1) is 37.8 Å². The van der Waals surface area contributed by atoms with E-state index in [4.69, 9.17) is 9.47 Å². The van der Waals surface area contributed by atoms with Crippen LogP contribution < -0.4 is 9.47 Å². The first-order chi connectivity index (χ1) is 18.7. The van der Waals surface area contributed by atoms with Gasteiger partial charge < -0.3 is 9.47 Å². The van der Waals surface area contributed by atoms with Gasteiger partial charge in [0.15, 0.2) is 16.7 Å². The lowest BCUT2D eigenvalue weighted by Crippen LogP contribution is -2.12. The number of ether oxygens (including phenoxy) is 2. The van der Waals surface area contributed by atoms with Crippen LogP contribution in [0.2, 0.25) is 0 Å². The number of hydrogen-bond donors (Lipinski definition) is 0. The Bertz CT molecular complexity index is 1470. The van der Waals surface area contributed by atoms with Crippen molar-refractivity contribution < 1.29 is 14.4 Å². The van der Waals surface area contributed by atoms with Crippen molar-refractivity contribution in [2.75, 3.05) is 13.2 Å². The number of nitrogens with zero attached hydrogens (tertiary/aromatic N) is 4. The van der Waals surface area contributed by atoms with Crippen LogP contribution in [0.1, 0.15) is 45.8 Å². The molecule has 0 bridgehead atoms. The van der Waals surface area contributed by atoms with E-state index in [2.05, 4.69) is 46.0 Å². The van der Waals surface area contributed by atoms with Crippen molar-refractivity contribution in [1.29, 1.82) is 0 Å². The van der Waals surface area contributed by atoms with Crippen LogP contribution in [-0.4, -0.2) is 32.8 Å². The lowest BCUT2D eigenvalue weighted by Gasteiger charge is -2.19. The van der Waals surface area contributed by atoms with Crippen LogP contribution in [0.4, 0.5) is 0 Å². The van der Waals surface area contributed by atoms with E-state index < -0.39 is 5.25 Å². The third-order valence-electron chi connectivity index (χ3n) is 6.31. The first-order valence-electron chi connectivity index (χ1n) is 12.6. The fourth-order valence-corrected chi connectivity index (χ4v) is 5.80. The van der Waals surface area contributed by atoms with Gasteiger partial charge in [0, 0.05) is 10.6 Å². The first-order valence-corrected chi connectivity index (χ1v) is 14.3. The van der Waals surface area contributed by atoms with E-state index in [-0.39, 0.29) is 11.5 Å². The Labute approximate surface area is 241 Å². The van der Waals surface area contributed by atoms with Gasteiger partial charge in [0.05, 0.1) is 11.1 Å². The van der Waals surface area contributed by atoms with Gasteiger partial charge in [0.25, 0.3) is 0 Å². The number of nitro groups is 1. The lowest BCUT2D eigenvalue weighted by atomic mass is 10.1. The van der Waals surface area contributed by atoms with Gasteiger partial charge in [-0.05, 0) is 97.1 Å². The van der Waals surface area contributed by atoms with Gasteiger partial charge in [0.1, 0.15) is 17.7 Å². The highest BCUT2D eigenvalue weighted by atomic mass is 79.9. The zero-order valence-corrected chi connectivity index (χ0v) is 25.0. The van der Waals surface area contributed by atoms with E-state index in [0.717, 1.165) is 22.4 Å². The summed E-state index contributed by atoms with van der Waals surface area (Å²) in [6.07, 6.45) is 0. The van der Waals surface area contributed by atoms with Crippen LogP contribution in [0.15, 0.2) is 64.2 Å². The van der Waals surface area contributed by atoms with Gasteiger partial charge in [-0.15, -0.1) is 10.2 Å². The third-order valence-corrected chi connectivity index (χ3v) is 8.08. The number of halogens is 1. The molecule has 0 fully saturated rings. The van der Waals surface area contributed by atoms with Crippen molar-refractivity contribution in [2.45, 2.75) is 51.6 Å². The number of hydrogen-bond acceptors (Lipinski definition) is 7. The van der Waals surface area contributed by atoms with Crippen LogP contribution in [0.25, 0.3) is 5.69 Å². The molecule has 39 heavy (non-hydrogen) atoms. The highest BCUT2D eigenvalue weighted by Gasteiger charge is 2.26. The quantitative estimate of drug-likeness (QED) is 0.0995. The smallest absolute Gasteiger partial charge is 0.220 e. The molecule has 204 valence electrons. The SMILES string of the molecule is CCOc1cc([C@H](C[N+](=O)[O-])Sc2nnc(C)n2-c2ccc(C)c(C)c2)cc(Br)c1OCc1ccc(C)cc1. The fraction of sp³-hybridized carbons (Fsp3) is 0.310. The molecule has 0 unspecified atom stereocenters. The van der Waals surface area contributed by atoms with Crippen LogP contribution in [0.5, 0.6) is 11.5 Å². The maximum atomic E-state index is 11.7. The molecule has 0 N–H and O–H groups in total. The molecule has 0 saturated carbocycles. The molecule has 0 aliphatic heterocycles. The Balaban J connectivity index is 1.67. The average Bonchev–Trinajstić information content (AvgIpc) is 3.25. The Hall–Kier alpha value is -3.37. The van der Waals surface area contributed by atoms with Gasteiger partial charge in [-0.2, -0.15) is 0 Å². The van der Waals surface area contributed by atoms with E-state index in [9.17, 15) is 10.1 Å². The summed E-state index contributed by atoms with van der Waals surface area (Å²) >= 11 is 4.93. The molecule has 0 spiro atoms. The predicted octanol–water partition coefficient (Wildman–Crippen LogP) is 7.35. The summed E-state index contributed by atoms with van der Waals surface area (Å²) in [5.41, 5.74) is 6.17. The fourth-order valence-electron chi connectivity index (χ4n) is 4.07. The van der Waals surface area contributed by atoms with Crippen molar-refractivity contribution in [3.05, 3.63) is 103 Å². The molecule has 10 heteroatoms. The van der Waals surface area contributed by atoms with Gasteiger partial charge in [0.2, 0.25) is 6.54 Å².